The maximum atomic E-state index is 14.5. The van der Waals surface area contributed by atoms with Gasteiger partial charge in [0.2, 0.25) is 29.5 Å². The van der Waals surface area contributed by atoms with E-state index in [0.717, 1.165) is 5.56 Å². The highest BCUT2D eigenvalue weighted by molar-refractivity contribution is 6.30. The number of piperidine rings is 1. The normalized spacial score (nSPS) is 27.0. The largest absolute Gasteiger partial charge is 0.461 e. The molecular formula is C39H48ClN7O8. The minimum atomic E-state index is -1.45. The van der Waals surface area contributed by atoms with E-state index in [1.807, 2.05) is 13.0 Å². The third-order valence-electron chi connectivity index (χ3n) is 10.7. The Balaban J connectivity index is 1.30. The third-order valence-corrected chi connectivity index (χ3v) is 10.9. The van der Waals surface area contributed by atoms with Crippen molar-refractivity contribution in [3.63, 3.8) is 0 Å². The van der Waals surface area contributed by atoms with E-state index in [1.54, 1.807) is 55.5 Å². The van der Waals surface area contributed by atoms with E-state index in [4.69, 9.17) is 16.3 Å². The molecule has 294 valence electrons. The molecule has 0 radical (unpaired) electrons. The first-order valence-electron chi connectivity index (χ1n) is 19.0. The second-order valence-corrected chi connectivity index (χ2v) is 15.3. The van der Waals surface area contributed by atoms with Gasteiger partial charge < -0.3 is 40.7 Å². The first kappa shape index (κ1) is 39.5. The lowest BCUT2D eigenvalue weighted by molar-refractivity contribution is -0.158. The van der Waals surface area contributed by atoms with Gasteiger partial charge in [-0.15, -0.1) is 0 Å². The summed E-state index contributed by atoms with van der Waals surface area (Å²) in [4.78, 5) is 101. The maximum absolute atomic E-state index is 14.5. The average Bonchev–Trinajstić information content (AvgIpc) is 3.82. The molecule has 16 heteroatoms. The number of benzene rings is 2. The summed E-state index contributed by atoms with van der Waals surface area (Å²) in [5.74, 6) is -3.52. The summed E-state index contributed by atoms with van der Waals surface area (Å²) in [6.45, 7) is 3.64. The van der Waals surface area contributed by atoms with E-state index >= 15 is 0 Å². The van der Waals surface area contributed by atoms with Gasteiger partial charge >= 0.3 is 12.0 Å². The van der Waals surface area contributed by atoms with E-state index < -0.39 is 84.4 Å². The molecule has 6 rings (SSSR count). The van der Waals surface area contributed by atoms with E-state index in [2.05, 4.69) is 21.3 Å². The number of esters is 1. The molecule has 7 atom stereocenters. The molecule has 2 aromatic rings. The number of fused-ring (bicyclic) bond motifs is 3. The van der Waals surface area contributed by atoms with Gasteiger partial charge in [-0.25, -0.2) is 9.59 Å². The molecule has 0 aromatic heterocycles. The number of anilines is 1. The number of hydrogen-bond donors (Lipinski definition) is 4. The number of cyclic esters (lactones) is 1. The molecule has 0 spiro atoms. The van der Waals surface area contributed by atoms with Crippen molar-refractivity contribution >= 4 is 58.8 Å². The lowest BCUT2D eigenvalue weighted by Crippen LogP contribution is -2.62. The lowest BCUT2D eigenvalue weighted by atomic mass is 9.99. The van der Waals surface area contributed by atoms with Crippen LogP contribution in [0.4, 0.5) is 10.5 Å². The molecule has 0 aliphatic carbocycles. The van der Waals surface area contributed by atoms with E-state index in [1.165, 1.54) is 14.7 Å². The number of carbonyl (C=O) groups is 7. The van der Waals surface area contributed by atoms with Gasteiger partial charge in [0.15, 0.2) is 0 Å². The van der Waals surface area contributed by atoms with Gasteiger partial charge in [-0.3, -0.25) is 24.0 Å². The Kier molecular flexibility index (Phi) is 12.6. The minimum Gasteiger partial charge on any atom is -0.461 e. The monoisotopic (exact) mass is 777 g/mol. The van der Waals surface area contributed by atoms with Gasteiger partial charge in [-0.1, -0.05) is 54.9 Å². The summed E-state index contributed by atoms with van der Waals surface area (Å²) < 4.78 is 5.73. The number of amides is 7. The van der Waals surface area contributed by atoms with Gasteiger partial charge in [0.25, 0.3) is 0 Å². The van der Waals surface area contributed by atoms with Gasteiger partial charge in [0, 0.05) is 36.8 Å². The topological polar surface area (TPSA) is 187 Å². The van der Waals surface area contributed by atoms with Crippen LogP contribution in [0.5, 0.6) is 0 Å². The molecule has 4 saturated heterocycles. The Morgan fingerprint density at radius 1 is 0.855 bits per heavy atom. The predicted molar refractivity (Wildman–Crippen MR) is 201 cm³/mol. The molecule has 4 heterocycles. The zero-order chi connectivity index (χ0) is 39.2. The van der Waals surface area contributed by atoms with Crippen molar-refractivity contribution in [2.45, 2.75) is 95.0 Å². The van der Waals surface area contributed by atoms with E-state index in [9.17, 15) is 33.6 Å². The number of hydrogen-bond acceptors (Lipinski definition) is 8. The van der Waals surface area contributed by atoms with Crippen LogP contribution in [-0.2, 0) is 39.9 Å². The van der Waals surface area contributed by atoms with Crippen LogP contribution in [0.2, 0.25) is 5.02 Å². The van der Waals surface area contributed by atoms with Crippen LogP contribution in [-0.4, -0.2) is 119 Å². The molecule has 0 bridgehead atoms. The van der Waals surface area contributed by atoms with Crippen LogP contribution in [0, 0.1) is 5.92 Å². The summed E-state index contributed by atoms with van der Waals surface area (Å²) in [5.41, 5.74) is 1.12. The second-order valence-electron chi connectivity index (χ2n) is 14.9. The van der Waals surface area contributed by atoms with E-state index in [0.29, 0.717) is 55.8 Å². The van der Waals surface area contributed by atoms with Gasteiger partial charge in [-0.05, 0) is 75.1 Å². The first-order chi connectivity index (χ1) is 26.4. The SMILES string of the molecule is C[C@@H]1CC2C(=O)OC[C@H](NC(=O)[C@H](Cc3ccccc3)NC(=O)Nc3cccc(Cl)c3)C(=O)N3CCC[C@H]3C(=O)N3CCCC[C@H]3C(=O)N[C@@H](C)C(=O)N2C1. The highest BCUT2D eigenvalue weighted by atomic mass is 35.5. The standard InChI is InChI=1S/C39H48ClN7O8/c1-23-18-32-38(53)55-22-29(43-33(48)28(19-25-10-4-3-5-11-25)44-39(54)42-27-13-8-12-26(40)20-27)36(51)46-17-9-15-31(46)37(52)45-16-7-6-14-30(45)34(49)41-24(2)35(50)47(32)21-23/h3-5,8,10-13,20,23-24,28-32H,6-7,9,14-19,21-22H2,1-2H3,(H,41,49)(H,43,48)(H2,42,44,54)/t23-,24+,28+,29+,30+,31+,32?/m1/s1. The third kappa shape index (κ3) is 9.38. The molecule has 7 amide bonds. The molecule has 4 fully saturated rings. The smallest absolute Gasteiger partial charge is 0.328 e. The number of nitrogens with zero attached hydrogens (tertiary/aromatic N) is 3. The Bertz CT molecular complexity index is 1800. The Labute approximate surface area is 324 Å². The quantitative estimate of drug-likeness (QED) is 0.322. The van der Waals surface area contributed by atoms with Crippen molar-refractivity contribution in [1.82, 2.24) is 30.7 Å². The van der Waals surface area contributed by atoms with Crippen molar-refractivity contribution in [3.05, 3.63) is 65.2 Å². The summed E-state index contributed by atoms with van der Waals surface area (Å²) in [5, 5.41) is 11.3. The first-order valence-corrected chi connectivity index (χ1v) is 19.3. The predicted octanol–water partition coefficient (Wildman–Crippen LogP) is 2.23. The van der Waals surface area contributed by atoms with Crippen LogP contribution in [0.15, 0.2) is 54.6 Å². The van der Waals surface area contributed by atoms with Crippen molar-refractivity contribution < 1.29 is 38.3 Å². The minimum absolute atomic E-state index is 0.0504. The van der Waals surface area contributed by atoms with Crippen molar-refractivity contribution in [2.24, 2.45) is 5.92 Å². The molecule has 4 aliphatic rings. The number of rotatable bonds is 6. The molecule has 4 N–H and O–H groups in total. The van der Waals surface area contributed by atoms with Crippen LogP contribution >= 0.6 is 11.6 Å². The van der Waals surface area contributed by atoms with E-state index in [-0.39, 0.29) is 25.4 Å². The van der Waals surface area contributed by atoms with Crippen LogP contribution < -0.4 is 21.3 Å². The van der Waals surface area contributed by atoms with Gasteiger partial charge in [-0.2, -0.15) is 0 Å². The summed E-state index contributed by atoms with van der Waals surface area (Å²) in [6, 6.07) is 8.44. The number of ether oxygens (including phenoxy) is 1. The van der Waals surface area contributed by atoms with Gasteiger partial charge in [0.1, 0.15) is 42.9 Å². The summed E-state index contributed by atoms with van der Waals surface area (Å²) in [7, 11) is 0. The average molecular weight is 778 g/mol. The zero-order valence-electron chi connectivity index (χ0n) is 31.0. The highest BCUT2D eigenvalue weighted by Gasteiger charge is 2.46. The zero-order valence-corrected chi connectivity index (χ0v) is 31.8. The molecule has 4 aliphatic heterocycles. The molecule has 0 saturated carbocycles. The van der Waals surface area contributed by atoms with Crippen molar-refractivity contribution in [2.75, 3.05) is 31.6 Å². The molecular weight excluding hydrogens is 730 g/mol. The Morgan fingerprint density at radius 2 is 1.58 bits per heavy atom. The molecule has 55 heavy (non-hydrogen) atoms. The van der Waals surface area contributed by atoms with Crippen molar-refractivity contribution in [1.29, 1.82) is 0 Å². The lowest BCUT2D eigenvalue weighted by Gasteiger charge is -2.39. The fourth-order valence-corrected chi connectivity index (χ4v) is 8.13. The molecule has 15 nitrogen and oxygen atoms in total. The number of halogens is 1. The Hall–Kier alpha value is -5.18. The number of carbonyl (C=O) groups excluding carboxylic acids is 7. The fourth-order valence-electron chi connectivity index (χ4n) is 7.94. The van der Waals surface area contributed by atoms with Crippen LogP contribution in [0.1, 0.15) is 57.9 Å². The second kappa shape index (κ2) is 17.5. The maximum Gasteiger partial charge on any atom is 0.328 e. The van der Waals surface area contributed by atoms with Crippen LogP contribution in [0.3, 0.4) is 0 Å². The summed E-state index contributed by atoms with van der Waals surface area (Å²) >= 11 is 6.09. The van der Waals surface area contributed by atoms with Gasteiger partial charge in [0.05, 0.1) is 0 Å². The summed E-state index contributed by atoms with van der Waals surface area (Å²) in [6.07, 6.45) is 2.96. The molecule has 2 aromatic carbocycles. The highest BCUT2D eigenvalue weighted by Crippen LogP contribution is 2.28. The van der Waals surface area contributed by atoms with Crippen LogP contribution in [0.25, 0.3) is 0 Å². The molecule has 1 unspecified atom stereocenters. The Morgan fingerprint density at radius 3 is 2.35 bits per heavy atom. The number of urea groups is 1. The van der Waals surface area contributed by atoms with Crippen molar-refractivity contribution in [3.8, 4) is 0 Å². The number of nitrogens with one attached hydrogen (secondary N) is 4. The fraction of sp³-hybridized carbons (Fsp3) is 0.513.